The van der Waals surface area contributed by atoms with Crippen molar-refractivity contribution in [3.05, 3.63) is 53.5 Å². The van der Waals surface area contributed by atoms with Crippen molar-refractivity contribution < 1.29 is 23.1 Å². The van der Waals surface area contributed by atoms with Gasteiger partial charge in [-0.3, -0.25) is 15.1 Å². The first-order chi connectivity index (χ1) is 17.7. The molecule has 4 rings (SSSR count). The van der Waals surface area contributed by atoms with Crippen LogP contribution in [0.5, 0.6) is 0 Å². The maximum absolute atomic E-state index is 13.9. The fourth-order valence-corrected chi connectivity index (χ4v) is 4.06. The summed E-state index contributed by atoms with van der Waals surface area (Å²) in [5.41, 5.74) is 0.309. The minimum atomic E-state index is -1.13. The average molecular weight is 511 g/mol. The van der Waals surface area contributed by atoms with Gasteiger partial charge in [0, 0.05) is 25.2 Å². The van der Waals surface area contributed by atoms with E-state index < -0.39 is 24.0 Å². The van der Waals surface area contributed by atoms with Crippen LogP contribution >= 0.6 is 0 Å². The van der Waals surface area contributed by atoms with Gasteiger partial charge in [-0.15, -0.1) is 5.10 Å². The number of nitrogens with zero attached hydrogens (tertiary/aromatic N) is 6. The first kappa shape index (κ1) is 25.6. The van der Waals surface area contributed by atoms with Gasteiger partial charge in [-0.25, -0.2) is 18.9 Å². The molecule has 3 aromatic heterocycles. The number of hydrogen-bond acceptors (Lipinski definition) is 8. The number of halogens is 2. The Balaban J connectivity index is 1.44. The molecule has 192 valence electrons. The van der Waals surface area contributed by atoms with Crippen LogP contribution in [-0.2, 0) is 11.8 Å². The van der Waals surface area contributed by atoms with Crippen LogP contribution in [0, 0.1) is 23.1 Å². The molecule has 1 atom stereocenters. The monoisotopic (exact) mass is 510 g/mol. The van der Waals surface area contributed by atoms with E-state index in [1.54, 1.807) is 12.1 Å². The van der Waals surface area contributed by atoms with Gasteiger partial charge in [0.05, 0.1) is 29.1 Å². The summed E-state index contributed by atoms with van der Waals surface area (Å²) in [6.07, 6.45) is 3.66. The van der Waals surface area contributed by atoms with Crippen molar-refractivity contribution in [2.24, 2.45) is 7.05 Å². The van der Waals surface area contributed by atoms with Crippen molar-refractivity contribution in [3.63, 3.8) is 0 Å². The van der Waals surface area contributed by atoms with E-state index >= 15 is 0 Å². The van der Waals surface area contributed by atoms with Crippen LogP contribution in [0.25, 0.3) is 11.4 Å². The molecule has 2 amide bonds. The molecule has 2 N–H and O–H groups in total. The van der Waals surface area contributed by atoms with Gasteiger partial charge in [-0.2, -0.15) is 9.65 Å². The van der Waals surface area contributed by atoms with Gasteiger partial charge in [-0.05, 0) is 50.8 Å². The molecule has 11 nitrogen and oxygen atoms in total. The summed E-state index contributed by atoms with van der Waals surface area (Å²) < 4.78 is 33.8. The Morgan fingerprint density at radius 3 is 2.70 bits per heavy atom. The van der Waals surface area contributed by atoms with Crippen LogP contribution in [0.1, 0.15) is 61.1 Å². The summed E-state index contributed by atoms with van der Waals surface area (Å²) in [7, 11) is 1.53. The Morgan fingerprint density at radius 1 is 1.27 bits per heavy atom. The molecule has 3 aromatic rings. The third kappa shape index (κ3) is 5.69. The maximum atomic E-state index is 13.9. The molecule has 0 saturated heterocycles. The molecule has 0 aliphatic heterocycles. The largest absolute Gasteiger partial charge is 0.441 e. The predicted molar refractivity (Wildman–Crippen MR) is 126 cm³/mol. The smallest absolute Gasteiger partial charge is 0.413 e. The second kappa shape index (κ2) is 10.7. The third-order valence-corrected chi connectivity index (χ3v) is 6.27. The van der Waals surface area contributed by atoms with Crippen LogP contribution in [0.4, 0.5) is 19.4 Å². The Morgan fingerprint density at radius 2 is 2.05 bits per heavy atom. The lowest BCUT2D eigenvalue weighted by Crippen LogP contribution is -2.53. The van der Waals surface area contributed by atoms with Crippen LogP contribution in [-0.4, -0.2) is 42.5 Å². The number of aryl methyl sites for hydroxylation is 1. The molecule has 3 heterocycles. The standard InChI is InChI=1S/C24H24F2N8O3/c1-14(17-11-16(25)13-29-20(17)26)37-23(36)30-21-19(32-33-34(21)2)18-6-5-15(12-28-18)22(35)31-24(7-3-8-24)9-4-10-27/h5-6,11-14H,3-4,7-9H2,1-2H3,(H,30,36)(H,31,35)/t14-/m1/s1. The number of nitrogens with one attached hydrogen (secondary N) is 2. The van der Waals surface area contributed by atoms with E-state index in [4.69, 9.17) is 10.00 Å². The van der Waals surface area contributed by atoms with E-state index in [1.165, 1.54) is 24.9 Å². The molecule has 13 heteroatoms. The Labute approximate surface area is 210 Å². The number of nitriles is 1. The molecule has 1 aliphatic rings. The number of rotatable bonds is 8. The fraction of sp³-hybridized carbons (Fsp3) is 0.375. The molecule has 0 spiro atoms. The predicted octanol–water partition coefficient (Wildman–Crippen LogP) is 3.82. The molecular formula is C24H24F2N8O3. The van der Waals surface area contributed by atoms with E-state index in [0.717, 1.165) is 31.5 Å². The number of pyridine rings is 2. The van der Waals surface area contributed by atoms with Crippen LogP contribution in [0.3, 0.4) is 0 Å². The number of carbonyl (C=O) groups is 2. The van der Waals surface area contributed by atoms with Gasteiger partial charge in [0.15, 0.2) is 11.5 Å². The lowest BCUT2D eigenvalue weighted by atomic mass is 9.73. The van der Waals surface area contributed by atoms with Crippen molar-refractivity contribution >= 4 is 17.8 Å². The van der Waals surface area contributed by atoms with Gasteiger partial charge in [0.1, 0.15) is 11.9 Å². The quantitative estimate of drug-likeness (QED) is 0.435. The Hall–Kier alpha value is -4.47. The molecule has 0 unspecified atom stereocenters. The number of anilines is 1. The zero-order chi connectivity index (χ0) is 26.6. The average Bonchev–Trinajstić information content (AvgIpc) is 3.21. The normalized spacial score (nSPS) is 14.7. The maximum Gasteiger partial charge on any atom is 0.413 e. The number of hydrogen-bond donors (Lipinski definition) is 2. The SMILES string of the molecule is C[C@@H](OC(=O)Nc1c(-c2ccc(C(=O)NC3(CCC#N)CCC3)cn2)nnn1C)c1cc(F)cnc1F. The minimum absolute atomic E-state index is 0.143. The first-order valence-electron chi connectivity index (χ1n) is 11.6. The lowest BCUT2D eigenvalue weighted by molar-refractivity contribution is 0.0814. The van der Waals surface area contributed by atoms with E-state index in [1.807, 2.05) is 0 Å². The Kier molecular flexibility index (Phi) is 7.37. The van der Waals surface area contributed by atoms with Crippen LogP contribution < -0.4 is 10.6 Å². The van der Waals surface area contributed by atoms with E-state index in [9.17, 15) is 18.4 Å². The van der Waals surface area contributed by atoms with E-state index in [-0.39, 0.29) is 28.5 Å². The first-order valence-corrected chi connectivity index (χ1v) is 11.6. The summed E-state index contributed by atoms with van der Waals surface area (Å²) in [5.74, 6) is -1.86. The van der Waals surface area contributed by atoms with Gasteiger partial charge in [-0.1, -0.05) is 5.21 Å². The second-order valence-electron chi connectivity index (χ2n) is 8.79. The van der Waals surface area contributed by atoms with Crippen molar-refractivity contribution in [1.82, 2.24) is 30.3 Å². The van der Waals surface area contributed by atoms with Gasteiger partial charge < -0.3 is 10.1 Å². The molecular weight excluding hydrogens is 486 g/mol. The second-order valence-corrected chi connectivity index (χ2v) is 8.79. The van der Waals surface area contributed by atoms with Gasteiger partial charge >= 0.3 is 6.09 Å². The van der Waals surface area contributed by atoms with Gasteiger partial charge in [0.25, 0.3) is 5.91 Å². The number of carbonyl (C=O) groups excluding carboxylic acids is 2. The molecule has 37 heavy (non-hydrogen) atoms. The number of ether oxygens (including phenoxy) is 1. The van der Waals surface area contributed by atoms with Crippen molar-refractivity contribution in [2.75, 3.05) is 5.32 Å². The topological polar surface area (TPSA) is 148 Å². The molecule has 1 saturated carbocycles. The molecule has 0 aromatic carbocycles. The summed E-state index contributed by atoms with van der Waals surface area (Å²) in [6.45, 7) is 1.38. The van der Waals surface area contributed by atoms with Crippen molar-refractivity contribution in [3.8, 4) is 17.5 Å². The van der Waals surface area contributed by atoms with Crippen LogP contribution in [0.2, 0.25) is 0 Å². The summed E-state index contributed by atoms with van der Waals surface area (Å²) in [5, 5.41) is 22.3. The Bertz CT molecular complexity index is 1350. The number of amides is 2. The van der Waals surface area contributed by atoms with E-state index in [2.05, 4.69) is 37.0 Å². The third-order valence-electron chi connectivity index (χ3n) is 6.27. The van der Waals surface area contributed by atoms with E-state index in [0.29, 0.717) is 24.1 Å². The van der Waals surface area contributed by atoms with Crippen LogP contribution in [0.15, 0.2) is 30.6 Å². The van der Waals surface area contributed by atoms with Crippen molar-refractivity contribution in [2.45, 2.75) is 50.7 Å². The lowest BCUT2D eigenvalue weighted by Gasteiger charge is -2.42. The molecule has 1 fully saturated rings. The molecule has 0 radical (unpaired) electrons. The highest BCUT2D eigenvalue weighted by Gasteiger charge is 2.38. The summed E-state index contributed by atoms with van der Waals surface area (Å²) in [4.78, 5) is 32.8. The number of aromatic nitrogens is 5. The van der Waals surface area contributed by atoms with Crippen molar-refractivity contribution in [1.29, 1.82) is 5.26 Å². The van der Waals surface area contributed by atoms with Gasteiger partial charge in [0.2, 0.25) is 5.95 Å². The summed E-state index contributed by atoms with van der Waals surface area (Å²) >= 11 is 0. The zero-order valence-corrected chi connectivity index (χ0v) is 20.2. The minimum Gasteiger partial charge on any atom is -0.441 e. The fourth-order valence-electron chi connectivity index (χ4n) is 4.06. The molecule has 0 bridgehead atoms. The highest BCUT2D eigenvalue weighted by molar-refractivity contribution is 5.95. The summed E-state index contributed by atoms with van der Waals surface area (Å²) in [6, 6.07) is 6.16. The zero-order valence-electron chi connectivity index (χ0n) is 20.2. The highest BCUT2D eigenvalue weighted by atomic mass is 19.1. The molecule has 1 aliphatic carbocycles. The highest BCUT2D eigenvalue weighted by Crippen LogP contribution is 2.36.